The fourth-order valence-corrected chi connectivity index (χ4v) is 3.85. The second-order valence-electron chi connectivity index (χ2n) is 6.95. The predicted molar refractivity (Wildman–Crippen MR) is 96.4 cm³/mol. The molecule has 26 heavy (non-hydrogen) atoms. The largest absolute Gasteiger partial charge is 0.353 e. The number of thiophene rings is 1. The molecule has 138 valence electrons. The first-order chi connectivity index (χ1) is 12.7. The number of aryl methyl sites for hydroxylation is 1. The van der Waals surface area contributed by atoms with Crippen molar-refractivity contribution in [2.24, 2.45) is 5.92 Å². The van der Waals surface area contributed by atoms with Gasteiger partial charge in [0, 0.05) is 32.0 Å². The molecule has 2 aromatic rings. The van der Waals surface area contributed by atoms with Gasteiger partial charge in [0.2, 0.25) is 23.5 Å². The molecule has 1 atom stereocenters. The van der Waals surface area contributed by atoms with Crippen LogP contribution in [0.1, 0.15) is 38.0 Å². The number of hydrogen-bond donors (Lipinski definition) is 1. The maximum absolute atomic E-state index is 12.5. The Balaban J connectivity index is 1.28. The second-order valence-corrected chi connectivity index (χ2v) is 7.90. The third-order valence-corrected chi connectivity index (χ3v) is 5.70. The first-order valence-corrected chi connectivity index (χ1v) is 10.0. The summed E-state index contributed by atoms with van der Waals surface area (Å²) < 4.78 is 5.25. The molecule has 1 saturated heterocycles. The fraction of sp³-hybridized carbons (Fsp3) is 0.556. The lowest BCUT2D eigenvalue weighted by molar-refractivity contribution is -0.135. The van der Waals surface area contributed by atoms with Gasteiger partial charge in [-0.15, -0.1) is 11.3 Å². The molecule has 1 N–H and O–H groups in total. The van der Waals surface area contributed by atoms with E-state index in [2.05, 4.69) is 15.5 Å². The lowest BCUT2D eigenvalue weighted by Crippen LogP contribution is -2.45. The van der Waals surface area contributed by atoms with Gasteiger partial charge < -0.3 is 14.7 Å². The summed E-state index contributed by atoms with van der Waals surface area (Å²) in [7, 11) is 0. The van der Waals surface area contributed by atoms with Crippen molar-refractivity contribution in [3.8, 4) is 10.7 Å². The van der Waals surface area contributed by atoms with Crippen LogP contribution in [0.3, 0.4) is 0 Å². The van der Waals surface area contributed by atoms with Crippen LogP contribution in [-0.4, -0.2) is 46.0 Å². The van der Waals surface area contributed by atoms with Gasteiger partial charge in [-0.25, -0.2) is 0 Å². The van der Waals surface area contributed by atoms with Crippen LogP contribution in [0.5, 0.6) is 0 Å². The van der Waals surface area contributed by atoms with Crippen molar-refractivity contribution in [3.05, 3.63) is 23.4 Å². The molecule has 1 aliphatic carbocycles. The van der Waals surface area contributed by atoms with E-state index >= 15 is 0 Å². The Morgan fingerprint density at radius 3 is 3.00 bits per heavy atom. The molecular weight excluding hydrogens is 352 g/mol. The molecule has 8 heteroatoms. The molecule has 3 heterocycles. The first-order valence-electron chi connectivity index (χ1n) is 9.13. The third-order valence-electron chi connectivity index (χ3n) is 4.83. The smallest absolute Gasteiger partial charge is 0.227 e. The van der Waals surface area contributed by atoms with Crippen LogP contribution in [-0.2, 0) is 16.0 Å². The summed E-state index contributed by atoms with van der Waals surface area (Å²) in [5, 5.41) is 8.97. The van der Waals surface area contributed by atoms with Gasteiger partial charge in [-0.05, 0) is 37.1 Å². The summed E-state index contributed by atoms with van der Waals surface area (Å²) >= 11 is 1.55. The predicted octanol–water partition coefficient (Wildman–Crippen LogP) is 2.25. The summed E-state index contributed by atoms with van der Waals surface area (Å²) in [6.07, 6.45) is 4.64. The zero-order valence-corrected chi connectivity index (χ0v) is 15.3. The number of amides is 2. The van der Waals surface area contributed by atoms with Crippen molar-refractivity contribution in [3.63, 3.8) is 0 Å². The van der Waals surface area contributed by atoms with Crippen molar-refractivity contribution >= 4 is 23.2 Å². The SMILES string of the molecule is O=C(NC1CC1)C1CCCN(C(=O)CCc2nc(-c3cccs3)no2)C1. The van der Waals surface area contributed by atoms with Crippen molar-refractivity contribution in [2.75, 3.05) is 13.1 Å². The third kappa shape index (κ3) is 4.12. The monoisotopic (exact) mass is 374 g/mol. The zero-order valence-electron chi connectivity index (χ0n) is 14.5. The summed E-state index contributed by atoms with van der Waals surface area (Å²) in [6, 6.07) is 4.24. The molecule has 2 aromatic heterocycles. The second kappa shape index (κ2) is 7.57. The quantitative estimate of drug-likeness (QED) is 0.838. The van der Waals surface area contributed by atoms with E-state index in [-0.39, 0.29) is 17.7 Å². The molecule has 2 amide bonds. The van der Waals surface area contributed by atoms with Crippen LogP contribution >= 0.6 is 11.3 Å². The number of nitrogens with zero attached hydrogens (tertiary/aromatic N) is 3. The van der Waals surface area contributed by atoms with Crippen molar-refractivity contribution in [1.82, 2.24) is 20.4 Å². The van der Waals surface area contributed by atoms with Crippen molar-refractivity contribution in [2.45, 2.75) is 44.6 Å². The normalized spacial score (nSPS) is 20.2. The Labute approximate surface area is 155 Å². The maximum atomic E-state index is 12.5. The van der Waals surface area contributed by atoms with Crippen LogP contribution in [0.2, 0.25) is 0 Å². The molecule has 2 aliphatic rings. The van der Waals surface area contributed by atoms with E-state index in [1.165, 1.54) is 0 Å². The molecule has 0 aromatic carbocycles. The highest BCUT2D eigenvalue weighted by molar-refractivity contribution is 7.13. The number of carbonyl (C=O) groups is 2. The van der Waals surface area contributed by atoms with Crippen LogP contribution < -0.4 is 5.32 Å². The number of aromatic nitrogens is 2. The molecule has 7 nitrogen and oxygen atoms in total. The number of hydrogen-bond acceptors (Lipinski definition) is 6. The number of nitrogens with one attached hydrogen (secondary N) is 1. The van der Waals surface area contributed by atoms with Gasteiger partial charge in [0.25, 0.3) is 0 Å². The molecule has 0 spiro atoms. The minimum atomic E-state index is -0.0814. The molecule has 1 saturated carbocycles. The Kier molecular flexibility index (Phi) is 5.01. The first kappa shape index (κ1) is 17.2. The van der Waals surface area contributed by atoms with Gasteiger partial charge in [-0.2, -0.15) is 4.98 Å². The Hall–Kier alpha value is -2.22. The number of carbonyl (C=O) groups excluding carboxylic acids is 2. The molecule has 0 radical (unpaired) electrons. The van der Waals surface area contributed by atoms with E-state index in [1.807, 2.05) is 17.5 Å². The molecule has 1 aliphatic heterocycles. The van der Waals surface area contributed by atoms with E-state index in [4.69, 9.17) is 4.52 Å². The van der Waals surface area contributed by atoms with Gasteiger partial charge >= 0.3 is 0 Å². The van der Waals surface area contributed by atoms with E-state index in [0.29, 0.717) is 37.1 Å². The molecule has 2 fully saturated rings. The lowest BCUT2D eigenvalue weighted by atomic mass is 9.96. The van der Waals surface area contributed by atoms with Crippen LogP contribution in [0.4, 0.5) is 0 Å². The Morgan fingerprint density at radius 2 is 2.23 bits per heavy atom. The summed E-state index contributed by atoms with van der Waals surface area (Å²) in [5.41, 5.74) is 0. The van der Waals surface area contributed by atoms with E-state index in [0.717, 1.165) is 37.1 Å². The topological polar surface area (TPSA) is 88.3 Å². The molecular formula is C18H22N4O3S. The molecule has 4 rings (SSSR count). The summed E-state index contributed by atoms with van der Waals surface area (Å²) in [6.45, 7) is 1.23. The van der Waals surface area contributed by atoms with Crippen LogP contribution in [0.25, 0.3) is 10.7 Å². The van der Waals surface area contributed by atoms with Gasteiger partial charge in [-0.1, -0.05) is 11.2 Å². The van der Waals surface area contributed by atoms with Gasteiger partial charge in [-0.3, -0.25) is 9.59 Å². The Morgan fingerprint density at radius 1 is 1.35 bits per heavy atom. The number of likely N-dealkylation sites (tertiary alicyclic amines) is 1. The highest BCUT2D eigenvalue weighted by Gasteiger charge is 2.31. The fourth-order valence-electron chi connectivity index (χ4n) is 3.20. The number of piperidine rings is 1. The lowest BCUT2D eigenvalue weighted by Gasteiger charge is -2.32. The summed E-state index contributed by atoms with van der Waals surface area (Å²) in [5.74, 6) is 1.11. The van der Waals surface area contributed by atoms with Gasteiger partial charge in [0.05, 0.1) is 10.8 Å². The number of rotatable bonds is 6. The zero-order chi connectivity index (χ0) is 17.9. The van der Waals surface area contributed by atoms with Gasteiger partial charge in [0.15, 0.2) is 0 Å². The molecule has 0 bridgehead atoms. The average Bonchev–Trinajstić information content (AvgIpc) is 3.14. The van der Waals surface area contributed by atoms with Crippen LogP contribution in [0, 0.1) is 5.92 Å². The van der Waals surface area contributed by atoms with Crippen LogP contribution in [0.15, 0.2) is 22.0 Å². The van der Waals surface area contributed by atoms with Crippen molar-refractivity contribution in [1.29, 1.82) is 0 Å². The van der Waals surface area contributed by atoms with E-state index in [9.17, 15) is 9.59 Å². The van der Waals surface area contributed by atoms with E-state index < -0.39 is 0 Å². The Bertz CT molecular complexity index is 769. The van der Waals surface area contributed by atoms with Crippen molar-refractivity contribution < 1.29 is 14.1 Å². The maximum Gasteiger partial charge on any atom is 0.227 e. The average molecular weight is 374 g/mol. The molecule has 1 unspecified atom stereocenters. The highest BCUT2D eigenvalue weighted by Crippen LogP contribution is 2.23. The standard InChI is InChI=1S/C18H22N4O3S/c23-16(8-7-15-20-17(21-25-15)14-4-2-10-26-14)22-9-1-3-12(11-22)18(24)19-13-5-6-13/h2,4,10,12-13H,1,3,5-9,11H2,(H,19,24). The van der Waals surface area contributed by atoms with Gasteiger partial charge in [0.1, 0.15) is 0 Å². The highest BCUT2D eigenvalue weighted by atomic mass is 32.1. The minimum Gasteiger partial charge on any atom is -0.353 e. The minimum absolute atomic E-state index is 0.0461. The van der Waals surface area contributed by atoms with E-state index in [1.54, 1.807) is 16.2 Å². The summed E-state index contributed by atoms with van der Waals surface area (Å²) in [4.78, 5) is 31.8.